The van der Waals surface area contributed by atoms with Crippen LogP contribution in [0.4, 0.5) is 14.5 Å². The van der Waals surface area contributed by atoms with Crippen LogP contribution in [0.5, 0.6) is 0 Å². The summed E-state index contributed by atoms with van der Waals surface area (Å²) in [4.78, 5) is 11.7. The summed E-state index contributed by atoms with van der Waals surface area (Å²) in [6.45, 7) is 0. The molecule has 114 valence electrons. The zero-order valence-electron chi connectivity index (χ0n) is 11.8. The third kappa shape index (κ3) is 5.33. The van der Waals surface area contributed by atoms with Crippen molar-refractivity contribution in [3.63, 3.8) is 0 Å². The van der Waals surface area contributed by atoms with E-state index in [1.54, 1.807) is 0 Å². The number of thioether (sulfide) groups is 1. The Morgan fingerprint density at radius 1 is 1.09 bits per heavy atom. The Labute approximate surface area is 132 Å². The fourth-order valence-corrected chi connectivity index (χ4v) is 2.35. The molecule has 0 spiro atoms. The van der Waals surface area contributed by atoms with Crippen molar-refractivity contribution >= 4 is 29.4 Å². The summed E-state index contributed by atoms with van der Waals surface area (Å²) in [5.41, 5.74) is 1.36. The van der Waals surface area contributed by atoms with Gasteiger partial charge in [-0.2, -0.15) is 0 Å². The average molecular weight is 319 g/mol. The van der Waals surface area contributed by atoms with Gasteiger partial charge in [-0.15, -0.1) is 11.8 Å². The smallest absolute Gasteiger partial charge is 0.234 e. The summed E-state index contributed by atoms with van der Waals surface area (Å²) in [6, 6.07) is 13.1. The SMILES string of the molecule is O=C(CSCC=Cc1ccccc1)Nc1ccc(F)c(F)c1. The molecule has 0 atom stereocenters. The predicted octanol–water partition coefficient (Wildman–Crippen LogP) is 4.35. The van der Waals surface area contributed by atoms with Crippen LogP contribution in [0.1, 0.15) is 5.56 Å². The van der Waals surface area contributed by atoms with Crippen LogP contribution in [-0.4, -0.2) is 17.4 Å². The van der Waals surface area contributed by atoms with Gasteiger partial charge < -0.3 is 5.32 Å². The fraction of sp³-hybridized carbons (Fsp3) is 0.118. The molecule has 0 aliphatic heterocycles. The van der Waals surface area contributed by atoms with Crippen molar-refractivity contribution in [2.24, 2.45) is 0 Å². The van der Waals surface area contributed by atoms with Gasteiger partial charge in [-0.25, -0.2) is 8.78 Å². The van der Waals surface area contributed by atoms with E-state index in [2.05, 4.69) is 5.32 Å². The Balaban J connectivity index is 1.71. The lowest BCUT2D eigenvalue weighted by Crippen LogP contribution is -2.14. The third-order valence-corrected chi connectivity index (χ3v) is 3.65. The molecule has 5 heteroatoms. The largest absolute Gasteiger partial charge is 0.325 e. The summed E-state index contributed by atoms with van der Waals surface area (Å²) in [7, 11) is 0. The molecule has 0 aliphatic rings. The molecule has 0 saturated heterocycles. The maximum atomic E-state index is 13.0. The quantitative estimate of drug-likeness (QED) is 0.802. The molecule has 0 aliphatic carbocycles. The van der Waals surface area contributed by atoms with Crippen LogP contribution in [0.25, 0.3) is 6.08 Å². The molecule has 2 aromatic carbocycles. The van der Waals surface area contributed by atoms with Gasteiger partial charge in [0.25, 0.3) is 0 Å². The third-order valence-electron chi connectivity index (χ3n) is 2.76. The summed E-state index contributed by atoms with van der Waals surface area (Å²) in [6.07, 6.45) is 3.96. The molecular weight excluding hydrogens is 304 g/mol. The van der Waals surface area contributed by atoms with Crippen LogP contribution in [0.3, 0.4) is 0 Å². The van der Waals surface area contributed by atoms with Gasteiger partial charge >= 0.3 is 0 Å². The van der Waals surface area contributed by atoms with E-state index in [-0.39, 0.29) is 17.3 Å². The lowest BCUT2D eigenvalue weighted by Gasteiger charge is -2.04. The summed E-state index contributed by atoms with van der Waals surface area (Å²) in [5.74, 6) is -1.21. The van der Waals surface area contributed by atoms with Crippen molar-refractivity contribution < 1.29 is 13.6 Å². The van der Waals surface area contributed by atoms with Crippen molar-refractivity contribution in [1.29, 1.82) is 0 Å². The number of benzene rings is 2. The van der Waals surface area contributed by atoms with Crippen molar-refractivity contribution in [2.45, 2.75) is 0 Å². The van der Waals surface area contributed by atoms with Crippen molar-refractivity contribution in [1.82, 2.24) is 0 Å². The molecule has 0 aromatic heterocycles. The molecule has 2 nitrogen and oxygen atoms in total. The molecule has 0 radical (unpaired) electrons. The van der Waals surface area contributed by atoms with Crippen LogP contribution < -0.4 is 5.32 Å². The summed E-state index contributed by atoms with van der Waals surface area (Å²) >= 11 is 1.44. The normalized spacial score (nSPS) is 10.8. The van der Waals surface area contributed by atoms with E-state index in [1.807, 2.05) is 42.5 Å². The van der Waals surface area contributed by atoms with E-state index in [9.17, 15) is 13.6 Å². The summed E-state index contributed by atoms with van der Waals surface area (Å²) < 4.78 is 25.8. The number of nitrogens with one attached hydrogen (secondary N) is 1. The molecule has 0 saturated carbocycles. The first-order valence-electron chi connectivity index (χ1n) is 6.69. The van der Waals surface area contributed by atoms with Gasteiger partial charge in [-0.1, -0.05) is 42.5 Å². The molecule has 2 aromatic rings. The second-order valence-corrected chi connectivity index (χ2v) is 5.54. The topological polar surface area (TPSA) is 29.1 Å². The Morgan fingerprint density at radius 2 is 1.86 bits per heavy atom. The van der Waals surface area contributed by atoms with Crippen LogP contribution in [0, 0.1) is 11.6 Å². The van der Waals surface area contributed by atoms with E-state index in [0.717, 1.165) is 17.7 Å². The minimum atomic E-state index is -0.976. The molecule has 1 N–H and O–H groups in total. The maximum absolute atomic E-state index is 13.0. The molecular formula is C17H15F2NOS. The van der Waals surface area contributed by atoms with Crippen LogP contribution >= 0.6 is 11.8 Å². The molecule has 0 fully saturated rings. The van der Waals surface area contributed by atoms with E-state index < -0.39 is 11.6 Å². The van der Waals surface area contributed by atoms with Gasteiger partial charge in [0, 0.05) is 17.5 Å². The standard InChI is InChI=1S/C17H15F2NOS/c18-15-9-8-14(11-16(15)19)20-17(21)12-22-10-4-7-13-5-2-1-3-6-13/h1-9,11H,10,12H2,(H,20,21). The Kier molecular flexibility index (Phi) is 6.15. The van der Waals surface area contributed by atoms with E-state index in [0.29, 0.717) is 5.75 Å². The van der Waals surface area contributed by atoms with Gasteiger partial charge in [0.15, 0.2) is 11.6 Å². The Bertz CT molecular complexity index is 659. The lowest BCUT2D eigenvalue weighted by molar-refractivity contribution is -0.113. The second kappa shape index (κ2) is 8.34. The number of carbonyl (C=O) groups excluding carboxylic acids is 1. The zero-order chi connectivity index (χ0) is 15.8. The molecule has 1 amide bonds. The van der Waals surface area contributed by atoms with E-state index in [4.69, 9.17) is 0 Å². The molecule has 2 rings (SSSR count). The first-order chi connectivity index (χ1) is 10.6. The van der Waals surface area contributed by atoms with Gasteiger partial charge in [-0.3, -0.25) is 4.79 Å². The molecule has 0 heterocycles. The van der Waals surface area contributed by atoms with Gasteiger partial charge in [0.05, 0.1) is 5.75 Å². The van der Waals surface area contributed by atoms with Crippen molar-refractivity contribution in [2.75, 3.05) is 16.8 Å². The summed E-state index contributed by atoms with van der Waals surface area (Å²) in [5, 5.41) is 2.53. The van der Waals surface area contributed by atoms with Crippen molar-refractivity contribution in [3.05, 3.63) is 71.8 Å². The number of halogens is 2. The maximum Gasteiger partial charge on any atom is 0.234 e. The molecule has 0 bridgehead atoms. The monoisotopic (exact) mass is 319 g/mol. The van der Waals surface area contributed by atoms with Crippen molar-refractivity contribution in [3.8, 4) is 0 Å². The van der Waals surface area contributed by atoms with E-state index >= 15 is 0 Å². The zero-order valence-corrected chi connectivity index (χ0v) is 12.6. The number of rotatable bonds is 6. The minimum absolute atomic E-state index is 0.246. The average Bonchev–Trinajstić information content (AvgIpc) is 2.52. The highest BCUT2D eigenvalue weighted by Crippen LogP contribution is 2.13. The van der Waals surface area contributed by atoms with Gasteiger partial charge in [-0.05, 0) is 17.7 Å². The highest BCUT2D eigenvalue weighted by atomic mass is 32.2. The number of hydrogen-bond acceptors (Lipinski definition) is 2. The van der Waals surface area contributed by atoms with Crippen LogP contribution in [0.2, 0.25) is 0 Å². The number of anilines is 1. The Morgan fingerprint density at radius 3 is 2.59 bits per heavy atom. The Hall–Kier alpha value is -2.14. The first kappa shape index (κ1) is 16.2. The van der Waals surface area contributed by atoms with E-state index in [1.165, 1.54) is 17.8 Å². The van der Waals surface area contributed by atoms with Gasteiger partial charge in [0.2, 0.25) is 5.91 Å². The fourth-order valence-electron chi connectivity index (χ4n) is 1.74. The molecule has 22 heavy (non-hydrogen) atoms. The molecule has 0 unspecified atom stereocenters. The number of amides is 1. The van der Waals surface area contributed by atoms with Crippen LogP contribution in [-0.2, 0) is 4.79 Å². The predicted molar refractivity (Wildman–Crippen MR) is 87.8 cm³/mol. The van der Waals surface area contributed by atoms with Gasteiger partial charge in [0.1, 0.15) is 0 Å². The second-order valence-electron chi connectivity index (χ2n) is 4.51. The highest BCUT2D eigenvalue weighted by Gasteiger charge is 2.05. The number of carbonyl (C=O) groups is 1. The first-order valence-corrected chi connectivity index (χ1v) is 7.85. The number of hydrogen-bond donors (Lipinski definition) is 1. The van der Waals surface area contributed by atoms with Crippen LogP contribution in [0.15, 0.2) is 54.6 Å². The lowest BCUT2D eigenvalue weighted by atomic mass is 10.2. The minimum Gasteiger partial charge on any atom is -0.325 e. The highest BCUT2D eigenvalue weighted by molar-refractivity contribution is 8.00.